The molecule has 1 aromatic heterocycles. The first kappa shape index (κ1) is 21.5. The Hall–Kier alpha value is -2.30. The van der Waals surface area contributed by atoms with Crippen LogP contribution in [0.25, 0.3) is 0 Å². The number of aromatic nitrogens is 1. The molecule has 5 heteroatoms. The Labute approximate surface area is 191 Å². The fourth-order valence-corrected chi connectivity index (χ4v) is 7.37. The second kappa shape index (κ2) is 8.24. The zero-order valence-corrected chi connectivity index (χ0v) is 19.9. The van der Waals surface area contributed by atoms with Crippen LogP contribution in [0.4, 0.5) is 0 Å². The van der Waals surface area contributed by atoms with Gasteiger partial charge in [-0.25, -0.2) is 0 Å². The van der Waals surface area contributed by atoms with Crippen molar-refractivity contribution in [2.75, 3.05) is 0 Å². The van der Waals surface area contributed by atoms with Crippen LogP contribution < -0.4 is 10.1 Å². The highest BCUT2D eigenvalue weighted by atomic mass is 16.5. The maximum atomic E-state index is 13.4. The molecule has 4 fully saturated rings. The number of amides is 1. The second-order valence-electron chi connectivity index (χ2n) is 10.8. The van der Waals surface area contributed by atoms with Crippen LogP contribution in [-0.4, -0.2) is 17.1 Å². The van der Waals surface area contributed by atoms with E-state index in [2.05, 4.69) is 30.4 Å². The van der Waals surface area contributed by atoms with Crippen LogP contribution >= 0.6 is 0 Å². The summed E-state index contributed by atoms with van der Waals surface area (Å²) >= 11 is 0. The van der Waals surface area contributed by atoms with Crippen LogP contribution in [0.1, 0.15) is 84.8 Å². The Morgan fingerprint density at radius 1 is 1.16 bits per heavy atom. The van der Waals surface area contributed by atoms with Gasteiger partial charge in [0.05, 0.1) is 5.56 Å². The molecule has 4 aliphatic rings. The van der Waals surface area contributed by atoms with Crippen LogP contribution in [0.15, 0.2) is 22.7 Å². The molecule has 172 valence electrons. The molecule has 0 saturated heterocycles. The summed E-state index contributed by atoms with van der Waals surface area (Å²) in [4.78, 5) is 13.4. The summed E-state index contributed by atoms with van der Waals surface area (Å²) in [6.45, 7) is 8.43. The molecule has 4 saturated carbocycles. The minimum atomic E-state index is -0.122. The third kappa shape index (κ3) is 3.84. The molecule has 0 radical (unpaired) electrons. The number of aryl methyl sites for hydroxylation is 3. The number of rotatable bonds is 7. The maximum absolute atomic E-state index is 13.4. The van der Waals surface area contributed by atoms with Crippen molar-refractivity contribution in [3.8, 4) is 5.75 Å². The lowest BCUT2D eigenvalue weighted by Crippen LogP contribution is -2.56. The van der Waals surface area contributed by atoms with E-state index in [0.29, 0.717) is 11.5 Å². The normalized spacial score (nSPS) is 29.2. The van der Waals surface area contributed by atoms with Crippen LogP contribution in [0.5, 0.6) is 5.75 Å². The molecular weight excluding hydrogens is 400 g/mol. The largest absolute Gasteiger partial charge is 0.488 e. The average molecular weight is 437 g/mol. The SMILES string of the molecule is CCC(NC(=O)c1noc(C)c1COc1ccc(C)cc1C)C12CC3CC(CC(C3)C1)C2. The van der Waals surface area contributed by atoms with Crippen LogP contribution in [0.2, 0.25) is 0 Å². The first-order valence-corrected chi connectivity index (χ1v) is 12.3. The first-order chi connectivity index (χ1) is 15.4. The molecule has 1 heterocycles. The fraction of sp³-hybridized carbons (Fsp3) is 0.630. The van der Waals surface area contributed by atoms with Gasteiger partial charge in [-0.05, 0) is 101 Å². The highest BCUT2D eigenvalue weighted by Gasteiger charge is 2.54. The summed E-state index contributed by atoms with van der Waals surface area (Å²) in [5, 5.41) is 7.52. The lowest BCUT2D eigenvalue weighted by molar-refractivity contribution is -0.0727. The van der Waals surface area contributed by atoms with Gasteiger partial charge in [0.1, 0.15) is 18.1 Å². The second-order valence-corrected chi connectivity index (χ2v) is 10.8. The van der Waals surface area contributed by atoms with Gasteiger partial charge < -0.3 is 14.6 Å². The molecule has 4 bridgehead atoms. The van der Waals surface area contributed by atoms with Crippen LogP contribution in [0.3, 0.4) is 0 Å². The molecule has 0 aliphatic heterocycles. The van der Waals surface area contributed by atoms with E-state index < -0.39 is 0 Å². The van der Waals surface area contributed by atoms with E-state index >= 15 is 0 Å². The molecule has 2 aromatic rings. The molecule has 1 atom stereocenters. The Morgan fingerprint density at radius 3 is 2.41 bits per heavy atom. The topological polar surface area (TPSA) is 64.4 Å². The molecule has 0 spiro atoms. The summed E-state index contributed by atoms with van der Waals surface area (Å²) in [5.74, 6) is 3.93. The molecule has 32 heavy (non-hydrogen) atoms. The molecule has 1 unspecified atom stereocenters. The lowest BCUT2D eigenvalue weighted by atomic mass is 9.47. The molecular formula is C27H36N2O3. The van der Waals surface area contributed by atoms with Gasteiger partial charge in [0.25, 0.3) is 5.91 Å². The van der Waals surface area contributed by atoms with Gasteiger partial charge in [0, 0.05) is 6.04 Å². The number of nitrogens with zero attached hydrogens (tertiary/aromatic N) is 1. The third-order valence-electron chi connectivity index (χ3n) is 8.44. The smallest absolute Gasteiger partial charge is 0.274 e. The predicted octanol–water partition coefficient (Wildman–Crippen LogP) is 5.90. The summed E-state index contributed by atoms with van der Waals surface area (Å²) in [7, 11) is 0. The quantitative estimate of drug-likeness (QED) is 0.586. The van der Waals surface area contributed by atoms with Crippen molar-refractivity contribution in [1.82, 2.24) is 10.5 Å². The predicted molar refractivity (Wildman–Crippen MR) is 124 cm³/mol. The number of carbonyl (C=O) groups is 1. The van der Waals surface area contributed by atoms with Crippen molar-refractivity contribution < 1.29 is 14.1 Å². The number of ether oxygens (including phenoxy) is 1. The van der Waals surface area contributed by atoms with E-state index in [9.17, 15) is 4.79 Å². The van der Waals surface area contributed by atoms with Gasteiger partial charge >= 0.3 is 0 Å². The fourth-order valence-electron chi connectivity index (χ4n) is 7.37. The van der Waals surface area contributed by atoms with Crippen LogP contribution in [-0.2, 0) is 6.61 Å². The number of hydrogen-bond donors (Lipinski definition) is 1. The lowest BCUT2D eigenvalue weighted by Gasteiger charge is -2.59. The zero-order chi connectivity index (χ0) is 22.5. The summed E-state index contributed by atoms with van der Waals surface area (Å²) in [6, 6.07) is 6.32. The Kier molecular flexibility index (Phi) is 5.55. The van der Waals surface area contributed by atoms with Gasteiger partial charge in [-0.15, -0.1) is 0 Å². The summed E-state index contributed by atoms with van der Waals surface area (Å²) < 4.78 is 11.5. The third-order valence-corrected chi connectivity index (χ3v) is 8.44. The van der Waals surface area contributed by atoms with Crippen molar-refractivity contribution >= 4 is 5.91 Å². The van der Waals surface area contributed by atoms with Crippen molar-refractivity contribution in [1.29, 1.82) is 0 Å². The van der Waals surface area contributed by atoms with E-state index in [1.54, 1.807) is 0 Å². The van der Waals surface area contributed by atoms with Crippen LogP contribution in [0, 0.1) is 43.9 Å². The Morgan fingerprint density at radius 2 is 1.81 bits per heavy atom. The minimum absolute atomic E-state index is 0.122. The van der Waals surface area contributed by atoms with E-state index in [-0.39, 0.29) is 24.0 Å². The Balaban J connectivity index is 1.31. The zero-order valence-electron chi connectivity index (χ0n) is 19.9. The van der Waals surface area contributed by atoms with Gasteiger partial charge in [-0.2, -0.15) is 0 Å². The van der Waals surface area contributed by atoms with Crippen molar-refractivity contribution in [2.24, 2.45) is 23.2 Å². The number of benzene rings is 1. The van der Waals surface area contributed by atoms with Crippen molar-refractivity contribution in [3.63, 3.8) is 0 Å². The van der Waals surface area contributed by atoms with Gasteiger partial charge in [-0.1, -0.05) is 29.8 Å². The highest BCUT2D eigenvalue weighted by molar-refractivity contribution is 5.94. The maximum Gasteiger partial charge on any atom is 0.274 e. The molecule has 1 aromatic carbocycles. The highest BCUT2D eigenvalue weighted by Crippen LogP contribution is 2.61. The monoisotopic (exact) mass is 436 g/mol. The van der Waals surface area contributed by atoms with Gasteiger partial charge in [-0.3, -0.25) is 4.79 Å². The molecule has 5 nitrogen and oxygen atoms in total. The van der Waals surface area contributed by atoms with E-state index in [0.717, 1.165) is 41.1 Å². The van der Waals surface area contributed by atoms with E-state index in [1.165, 1.54) is 44.1 Å². The Bertz CT molecular complexity index is 973. The molecule has 6 rings (SSSR count). The standard InChI is InChI=1S/C27H36N2O3/c1-5-24(27-12-19-9-20(13-27)11-21(10-19)14-27)28-26(30)25-22(18(4)32-29-25)15-31-23-7-6-16(2)8-17(23)3/h6-8,19-21,24H,5,9-15H2,1-4H3,(H,28,30). The molecule has 1 amide bonds. The summed E-state index contributed by atoms with van der Waals surface area (Å²) in [5.41, 5.74) is 3.66. The minimum Gasteiger partial charge on any atom is -0.488 e. The number of hydrogen-bond acceptors (Lipinski definition) is 4. The summed E-state index contributed by atoms with van der Waals surface area (Å²) in [6.07, 6.45) is 9.02. The van der Waals surface area contributed by atoms with Crippen molar-refractivity contribution in [2.45, 2.75) is 85.3 Å². The first-order valence-electron chi connectivity index (χ1n) is 12.3. The van der Waals surface area contributed by atoms with Gasteiger partial charge in [0.15, 0.2) is 5.69 Å². The van der Waals surface area contributed by atoms with Crippen molar-refractivity contribution in [3.05, 3.63) is 46.3 Å². The number of carbonyl (C=O) groups excluding carboxylic acids is 1. The number of nitrogens with one attached hydrogen (secondary N) is 1. The van der Waals surface area contributed by atoms with Gasteiger partial charge in [0.2, 0.25) is 0 Å². The van der Waals surface area contributed by atoms with E-state index in [1.807, 2.05) is 26.0 Å². The average Bonchev–Trinajstić information content (AvgIpc) is 3.10. The molecule has 1 N–H and O–H groups in total. The van der Waals surface area contributed by atoms with E-state index in [4.69, 9.17) is 9.26 Å². The molecule has 4 aliphatic carbocycles.